The quantitative estimate of drug-likeness (QED) is 0.428. The van der Waals surface area contributed by atoms with E-state index in [4.69, 9.17) is 9.47 Å². The first-order valence-electron chi connectivity index (χ1n) is 9.65. The highest BCUT2D eigenvalue weighted by molar-refractivity contribution is 6.03. The van der Waals surface area contributed by atoms with Crippen molar-refractivity contribution in [3.63, 3.8) is 0 Å². The van der Waals surface area contributed by atoms with E-state index in [0.29, 0.717) is 24.7 Å². The van der Waals surface area contributed by atoms with Crippen molar-refractivity contribution in [2.45, 2.75) is 72.6 Å². The predicted molar refractivity (Wildman–Crippen MR) is 105 cm³/mol. The molecule has 26 heavy (non-hydrogen) atoms. The van der Waals surface area contributed by atoms with Crippen LogP contribution in [-0.4, -0.2) is 25.2 Å². The zero-order chi connectivity index (χ0) is 19.7. The van der Waals surface area contributed by atoms with Gasteiger partial charge in [0.05, 0.1) is 24.3 Å². The van der Waals surface area contributed by atoms with Crippen LogP contribution >= 0.6 is 0 Å². The van der Waals surface area contributed by atoms with Crippen molar-refractivity contribution in [2.75, 3.05) is 13.2 Å². The lowest BCUT2D eigenvalue weighted by molar-refractivity contribution is 0.0449. The minimum Gasteiger partial charge on any atom is -0.462 e. The van der Waals surface area contributed by atoms with Crippen molar-refractivity contribution in [3.8, 4) is 0 Å². The van der Waals surface area contributed by atoms with Crippen LogP contribution in [0.4, 0.5) is 0 Å². The molecule has 0 saturated heterocycles. The number of hydrogen-bond donors (Lipinski definition) is 0. The minimum absolute atomic E-state index is 0.128. The van der Waals surface area contributed by atoms with E-state index >= 15 is 0 Å². The highest BCUT2D eigenvalue weighted by Gasteiger charge is 2.23. The Hall–Kier alpha value is -1.84. The fourth-order valence-electron chi connectivity index (χ4n) is 2.48. The normalized spacial score (nSPS) is 11.5. The fourth-order valence-corrected chi connectivity index (χ4v) is 2.48. The lowest BCUT2D eigenvalue weighted by atomic mass is 9.85. The van der Waals surface area contributed by atoms with Crippen LogP contribution in [0.15, 0.2) is 18.2 Å². The molecule has 0 aliphatic rings. The van der Waals surface area contributed by atoms with Gasteiger partial charge in [0.2, 0.25) is 0 Å². The first-order valence-corrected chi connectivity index (χ1v) is 9.65. The number of carbonyl (C=O) groups is 2. The van der Waals surface area contributed by atoms with Crippen LogP contribution in [-0.2, 0) is 14.9 Å². The Morgan fingerprint density at radius 2 is 1.54 bits per heavy atom. The third-order valence-electron chi connectivity index (χ3n) is 4.22. The van der Waals surface area contributed by atoms with Gasteiger partial charge in [0.15, 0.2) is 0 Å². The van der Waals surface area contributed by atoms with E-state index in [1.807, 2.05) is 13.0 Å². The van der Waals surface area contributed by atoms with Crippen LogP contribution in [0.2, 0.25) is 0 Å². The Labute approximate surface area is 158 Å². The summed E-state index contributed by atoms with van der Waals surface area (Å²) in [5.41, 5.74) is 1.43. The van der Waals surface area contributed by atoms with Crippen LogP contribution in [0.1, 0.15) is 93.5 Å². The van der Waals surface area contributed by atoms with Crippen molar-refractivity contribution in [1.82, 2.24) is 0 Å². The maximum Gasteiger partial charge on any atom is 0.339 e. The highest BCUT2D eigenvalue weighted by atomic mass is 16.5. The van der Waals surface area contributed by atoms with E-state index < -0.39 is 11.9 Å². The van der Waals surface area contributed by atoms with Crippen molar-refractivity contribution < 1.29 is 19.1 Å². The maximum absolute atomic E-state index is 12.6. The van der Waals surface area contributed by atoms with Gasteiger partial charge < -0.3 is 9.47 Å². The summed E-state index contributed by atoms with van der Waals surface area (Å²) in [5, 5.41) is 0. The van der Waals surface area contributed by atoms with Gasteiger partial charge in [-0.1, -0.05) is 54.0 Å². The van der Waals surface area contributed by atoms with E-state index in [1.165, 1.54) is 0 Å². The van der Waals surface area contributed by atoms with Gasteiger partial charge in [-0.25, -0.2) is 9.59 Å². The molecule has 4 nitrogen and oxygen atoms in total. The Morgan fingerprint density at radius 3 is 2.08 bits per heavy atom. The van der Waals surface area contributed by atoms with Gasteiger partial charge in [-0.2, -0.15) is 0 Å². The molecule has 0 saturated carbocycles. The number of unbranched alkanes of at least 4 members (excludes halogenated alkanes) is 1. The highest BCUT2D eigenvalue weighted by Crippen LogP contribution is 2.25. The minimum atomic E-state index is -0.465. The molecule has 0 aliphatic carbocycles. The van der Waals surface area contributed by atoms with Gasteiger partial charge in [0.1, 0.15) is 0 Å². The number of hydrogen-bond acceptors (Lipinski definition) is 4. The number of carbonyl (C=O) groups excluding carboxylic acids is 2. The number of ether oxygens (including phenoxy) is 2. The Morgan fingerprint density at radius 1 is 0.962 bits per heavy atom. The molecule has 0 aliphatic heterocycles. The summed E-state index contributed by atoms with van der Waals surface area (Å²) in [5.74, 6) is -0.350. The summed E-state index contributed by atoms with van der Waals surface area (Å²) in [6.45, 7) is 13.2. The molecule has 0 fully saturated rings. The van der Waals surface area contributed by atoms with Crippen LogP contribution in [0.25, 0.3) is 0 Å². The number of benzene rings is 1. The molecule has 0 radical (unpaired) electrons. The van der Waals surface area contributed by atoms with Gasteiger partial charge in [0.25, 0.3) is 0 Å². The van der Waals surface area contributed by atoms with Crippen molar-refractivity contribution >= 4 is 11.9 Å². The topological polar surface area (TPSA) is 52.6 Å². The van der Waals surface area contributed by atoms with Gasteiger partial charge in [-0.15, -0.1) is 0 Å². The third kappa shape index (κ3) is 7.19. The Balaban J connectivity index is 2.98. The molecule has 4 heteroatoms. The molecule has 0 aromatic heterocycles. The first kappa shape index (κ1) is 22.2. The van der Waals surface area contributed by atoms with E-state index in [9.17, 15) is 9.59 Å². The van der Waals surface area contributed by atoms with Crippen molar-refractivity contribution in [2.24, 2.45) is 5.92 Å². The molecule has 0 bridgehead atoms. The number of rotatable bonds is 9. The van der Waals surface area contributed by atoms with Gasteiger partial charge in [-0.3, -0.25) is 0 Å². The van der Waals surface area contributed by atoms with Gasteiger partial charge >= 0.3 is 11.9 Å². The molecular formula is C22H34O4. The Kier molecular flexibility index (Phi) is 8.83. The second kappa shape index (κ2) is 10.3. The van der Waals surface area contributed by atoms with Gasteiger partial charge in [0, 0.05) is 0 Å². The van der Waals surface area contributed by atoms with Crippen molar-refractivity contribution in [1.29, 1.82) is 0 Å². The molecule has 0 unspecified atom stereocenters. The van der Waals surface area contributed by atoms with Crippen LogP contribution in [0.3, 0.4) is 0 Å². The van der Waals surface area contributed by atoms with Crippen LogP contribution in [0.5, 0.6) is 0 Å². The smallest absolute Gasteiger partial charge is 0.339 e. The molecule has 0 atom stereocenters. The monoisotopic (exact) mass is 362 g/mol. The Bertz CT molecular complexity index is 597. The molecule has 1 aromatic carbocycles. The van der Waals surface area contributed by atoms with Crippen LogP contribution < -0.4 is 0 Å². The summed E-state index contributed by atoms with van der Waals surface area (Å²) >= 11 is 0. The molecule has 0 spiro atoms. The van der Waals surface area contributed by atoms with Gasteiger partial charge in [-0.05, 0) is 48.3 Å². The summed E-state index contributed by atoms with van der Waals surface area (Å²) in [6, 6.07) is 5.33. The largest absolute Gasteiger partial charge is 0.462 e. The zero-order valence-corrected chi connectivity index (χ0v) is 17.2. The third-order valence-corrected chi connectivity index (χ3v) is 4.22. The second-order valence-corrected chi connectivity index (χ2v) is 8.17. The summed E-state index contributed by atoms with van der Waals surface area (Å²) in [7, 11) is 0. The van der Waals surface area contributed by atoms with E-state index in [-0.39, 0.29) is 11.0 Å². The number of esters is 2. The average molecular weight is 363 g/mol. The summed E-state index contributed by atoms with van der Waals surface area (Å²) in [4.78, 5) is 25.0. The SMILES string of the molecule is CCCCOC(=O)c1ccc(C(C)(C)C)cc1C(=O)OCCCC(C)C. The standard InChI is InChI=1S/C22H34O4/c1-7-8-13-25-20(23)18-12-11-17(22(4,5)6)15-19(18)21(24)26-14-9-10-16(2)3/h11-12,15-16H,7-10,13-14H2,1-6H3. The fraction of sp³-hybridized carbons (Fsp3) is 0.636. The van der Waals surface area contributed by atoms with Crippen LogP contribution in [0, 0.1) is 5.92 Å². The predicted octanol–water partition coefficient (Wildman–Crippen LogP) is 5.53. The van der Waals surface area contributed by atoms with Crippen molar-refractivity contribution in [3.05, 3.63) is 34.9 Å². The second-order valence-electron chi connectivity index (χ2n) is 8.17. The molecule has 1 rings (SSSR count). The molecule has 0 heterocycles. The lowest BCUT2D eigenvalue weighted by Crippen LogP contribution is -2.18. The molecular weight excluding hydrogens is 328 g/mol. The average Bonchev–Trinajstić information content (AvgIpc) is 2.57. The van der Waals surface area contributed by atoms with E-state index in [2.05, 4.69) is 34.6 Å². The summed E-state index contributed by atoms with van der Waals surface area (Å²) in [6.07, 6.45) is 3.57. The molecule has 1 aromatic rings. The molecule has 146 valence electrons. The first-order chi connectivity index (χ1) is 12.2. The maximum atomic E-state index is 12.6. The molecule has 0 amide bonds. The van der Waals surface area contributed by atoms with E-state index in [0.717, 1.165) is 31.2 Å². The zero-order valence-electron chi connectivity index (χ0n) is 17.2. The van der Waals surface area contributed by atoms with E-state index in [1.54, 1.807) is 12.1 Å². The summed E-state index contributed by atoms with van der Waals surface area (Å²) < 4.78 is 10.7. The molecule has 0 N–H and O–H groups in total. The lowest BCUT2D eigenvalue weighted by Gasteiger charge is -2.21.